The Morgan fingerprint density at radius 1 is 0.345 bits per heavy atom. The van der Waals surface area contributed by atoms with E-state index < -0.39 is 6.06 Å². The molecular weight excluding hydrogens is 485 g/mol. The van der Waals surface area contributed by atoms with Gasteiger partial charge in [0.25, 0.3) is 0 Å². The van der Waals surface area contributed by atoms with Gasteiger partial charge in [-0.05, 0) is 125 Å². The quantitative estimate of drug-likeness (QED) is 0.208. The third-order valence-electron chi connectivity index (χ3n) is 4.88. The summed E-state index contributed by atoms with van der Waals surface area (Å²) in [7, 11) is 0. The van der Waals surface area contributed by atoms with E-state index >= 15 is 0 Å². The highest BCUT2D eigenvalue weighted by Gasteiger charge is 2.65. The van der Waals surface area contributed by atoms with Crippen LogP contribution in [0.4, 0.5) is 0 Å². The molecule has 0 heterocycles. The molecule has 0 aliphatic heterocycles. The Morgan fingerprint density at radius 2 is 0.448 bits per heavy atom. The van der Waals surface area contributed by atoms with Crippen molar-refractivity contribution in [3.8, 4) is 0 Å². The number of halogens is 1. The minimum atomic E-state index is -2.48. The van der Waals surface area contributed by atoms with Crippen LogP contribution in [0.15, 0.2) is 0 Å². The van der Waals surface area contributed by atoms with Crippen molar-refractivity contribution in [1.82, 2.24) is 13.7 Å². The van der Waals surface area contributed by atoms with Gasteiger partial charge in [-0.2, -0.15) is 0 Å². The standard InChI is InChI=1S/C24H54IN3Si/c1-19(2,3)26(20(4,5)6)29(25,27(21(7,8)9)22(10,11)12)28(23(13,14)15)24(16,17)18/h1-18H3. The minimum absolute atomic E-state index is 0.0230. The molecule has 0 saturated carbocycles. The van der Waals surface area contributed by atoms with E-state index in [1.807, 2.05) is 0 Å². The van der Waals surface area contributed by atoms with Crippen LogP contribution < -0.4 is 0 Å². The third-order valence-corrected chi connectivity index (χ3v) is 15.0. The van der Waals surface area contributed by atoms with Crippen LogP contribution in [0.25, 0.3) is 0 Å². The molecule has 0 spiro atoms. The largest absolute Gasteiger partial charge is 0.361 e. The van der Waals surface area contributed by atoms with E-state index in [1.165, 1.54) is 0 Å². The van der Waals surface area contributed by atoms with Crippen molar-refractivity contribution in [3.63, 3.8) is 0 Å². The fourth-order valence-corrected chi connectivity index (χ4v) is 24.6. The van der Waals surface area contributed by atoms with E-state index in [-0.39, 0.29) is 33.2 Å². The van der Waals surface area contributed by atoms with E-state index in [0.29, 0.717) is 0 Å². The maximum Gasteiger partial charge on any atom is 0.361 e. The summed E-state index contributed by atoms with van der Waals surface area (Å²) in [6.45, 7) is 43.1. The molecule has 0 radical (unpaired) electrons. The molecule has 0 aliphatic rings. The Bertz CT molecular complexity index is 425. The Kier molecular flexibility index (Phi) is 8.55. The fourth-order valence-electron chi connectivity index (χ4n) is 5.88. The van der Waals surface area contributed by atoms with E-state index in [0.717, 1.165) is 0 Å². The van der Waals surface area contributed by atoms with E-state index in [2.05, 4.69) is 160 Å². The first-order valence-corrected chi connectivity index (χ1v) is 16.2. The first kappa shape index (κ1) is 29.8. The van der Waals surface area contributed by atoms with E-state index in [9.17, 15) is 0 Å². The van der Waals surface area contributed by atoms with Crippen LogP contribution >= 0.6 is 21.8 Å². The Balaban J connectivity index is 7.70. The van der Waals surface area contributed by atoms with Crippen molar-refractivity contribution in [2.75, 3.05) is 0 Å². The highest BCUT2D eigenvalue weighted by atomic mass is 127. The topological polar surface area (TPSA) is 9.72 Å². The highest BCUT2D eigenvalue weighted by Crippen LogP contribution is 2.49. The molecule has 0 amide bonds. The summed E-state index contributed by atoms with van der Waals surface area (Å²) in [6.07, 6.45) is 0. The van der Waals surface area contributed by atoms with Crippen molar-refractivity contribution < 1.29 is 0 Å². The lowest BCUT2D eigenvalue weighted by molar-refractivity contribution is 0.00549. The van der Waals surface area contributed by atoms with Gasteiger partial charge in [0.15, 0.2) is 0 Å². The highest BCUT2D eigenvalue weighted by molar-refractivity contribution is 14.1. The lowest BCUT2D eigenvalue weighted by Gasteiger charge is -2.69. The Hall–Kier alpha value is 0.827. The van der Waals surface area contributed by atoms with Crippen LogP contribution in [-0.2, 0) is 0 Å². The molecule has 0 bridgehead atoms. The molecule has 0 atom stereocenters. The molecule has 0 fully saturated rings. The second-order valence-electron chi connectivity index (χ2n) is 14.6. The van der Waals surface area contributed by atoms with Gasteiger partial charge in [-0.15, -0.1) is 0 Å². The Labute approximate surface area is 198 Å². The van der Waals surface area contributed by atoms with Gasteiger partial charge in [0.1, 0.15) is 0 Å². The molecule has 0 aromatic rings. The summed E-state index contributed by atoms with van der Waals surface area (Å²) < 4.78 is 8.63. The third kappa shape index (κ3) is 6.90. The summed E-state index contributed by atoms with van der Waals surface area (Å²) in [6, 6.07) is -2.48. The van der Waals surface area contributed by atoms with Gasteiger partial charge >= 0.3 is 6.06 Å². The summed E-state index contributed by atoms with van der Waals surface area (Å²) in [5.74, 6) is 0. The average molecular weight is 540 g/mol. The summed E-state index contributed by atoms with van der Waals surface area (Å²) in [5.41, 5.74) is 0.138. The molecule has 176 valence electrons. The van der Waals surface area contributed by atoms with Crippen LogP contribution in [0, 0.1) is 0 Å². The molecular formula is C24H54IN3Si. The van der Waals surface area contributed by atoms with Gasteiger partial charge in [-0.3, -0.25) is 13.7 Å². The number of hydrogen-bond donors (Lipinski definition) is 0. The summed E-state index contributed by atoms with van der Waals surface area (Å²) >= 11 is 2.93. The zero-order valence-electron chi connectivity index (χ0n) is 23.2. The van der Waals surface area contributed by atoms with Crippen LogP contribution in [0.2, 0.25) is 0 Å². The molecule has 0 saturated heterocycles. The lowest BCUT2D eigenvalue weighted by atomic mass is 10.0. The van der Waals surface area contributed by atoms with Gasteiger partial charge in [0.2, 0.25) is 0 Å². The zero-order chi connectivity index (χ0) is 24.2. The Morgan fingerprint density at radius 3 is 0.517 bits per heavy atom. The predicted molar refractivity (Wildman–Crippen MR) is 144 cm³/mol. The van der Waals surface area contributed by atoms with Crippen molar-refractivity contribution in [2.24, 2.45) is 0 Å². The maximum absolute atomic E-state index is 2.93. The van der Waals surface area contributed by atoms with Crippen molar-refractivity contribution in [2.45, 2.75) is 158 Å². The lowest BCUT2D eigenvalue weighted by Crippen LogP contribution is -2.87. The van der Waals surface area contributed by atoms with Crippen LogP contribution in [0.3, 0.4) is 0 Å². The van der Waals surface area contributed by atoms with E-state index in [1.54, 1.807) is 0 Å². The van der Waals surface area contributed by atoms with Crippen LogP contribution in [-0.4, -0.2) is 53.0 Å². The monoisotopic (exact) mass is 539 g/mol. The minimum Gasteiger partial charge on any atom is -0.282 e. The summed E-state index contributed by atoms with van der Waals surface area (Å²) in [5, 5.41) is 0. The number of rotatable bonds is 3. The molecule has 29 heavy (non-hydrogen) atoms. The molecule has 0 aromatic heterocycles. The molecule has 0 unspecified atom stereocenters. The molecule has 5 heteroatoms. The van der Waals surface area contributed by atoms with E-state index in [4.69, 9.17) is 0 Å². The van der Waals surface area contributed by atoms with Gasteiger partial charge < -0.3 is 0 Å². The van der Waals surface area contributed by atoms with Gasteiger partial charge in [-0.25, -0.2) is 0 Å². The zero-order valence-corrected chi connectivity index (χ0v) is 26.4. The SMILES string of the molecule is CC(C)(C)N(C(C)(C)C)[Si](I)(N(C(C)(C)C)C(C)(C)C)N(C(C)(C)C)C(C)(C)C. The fraction of sp³-hybridized carbons (Fsp3) is 1.00. The second-order valence-corrected chi connectivity index (χ2v) is 21.4. The van der Waals surface area contributed by atoms with Crippen molar-refractivity contribution >= 4 is 27.9 Å². The van der Waals surface area contributed by atoms with Gasteiger partial charge in [0.05, 0.1) is 0 Å². The van der Waals surface area contributed by atoms with Crippen LogP contribution in [0.5, 0.6) is 0 Å². The first-order chi connectivity index (χ1) is 12.1. The maximum atomic E-state index is 2.93. The second kappa shape index (κ2) is 8.31. The molecule has 3 nitrogen and oxygen atoms in total. The average Bonchev–Trinajstić information content (AvgIpc) is 2.11. The number of hydrogen-bond acceptors (Lipinski definition) is 3. The molecule has 0 aromatic carbocycles. The van der Waals surface area contributed by atoms with Crippen molar-refractivity contribution in [1.29, 1.82) is 0 Å². The number of nitrogens with zero attached hydrogens (tertiary/aromatic N) is 3. The molecule has 0 rings (SSSR count). The normalized spacial score (nSPS) is 16.3. The van der Waals surface area contributed by atoms with Crippen LogP contribution in [0.1, 0.15) is 125 Å². The molecule has 0 N–H and O–H groups in total. The summed E-state index contributed by atoms with van der Waals surface area (Å²) in [4.78, 5) is 0. The van der Waals surface area contributed by atoms with Gasteiger partial charge in [0, 0.05) is 33.2 Å². The predicted octanol–water partition coefficient (Wildman–Crippen LogP) is 7.55. The van der Waals surface area contributed by atoms with Gasteiger partial charge in [-0.1, -0.05) is 21.8 Å². The van der Waals surface area contributed by atoms with Crippen molar-refractivity contribution in [3.05, 3.63) is 0 Å². The smallest absolute Gasteiger partial charge is 0.282 e. The molecule has 0 aliphatic carbocycles. The first-order valence-electron chi connectivity index (χ1n) is 11.2.